The summed E-state index contributed by atoms with van der Waals surface area (Å²) >= 11 is 5.78. The molecule has 6 nitrogen and oxygen atoms in total. The van der Waals surface area contributed by atoms with E-state index in [1.54, 1.807) is 0 Å². The molecule has 3 aromatic rings. The van der Waals surface area contributed by atoms with E-state index in [-0.39, 0.29) is 21.8 Å². The first-order chi connectivity index (χ1) is 11.8. The molecule has 0 saturated carbocycles. The smallest absolute Gasteiger partial charge is 0.414 e. The maximum atomic E-state index is 14.5. The van der Waals surface area contributed by atoms with Crippen molar-refractivity contribution in [3.63, 3.8) is 0 Å². The first-order valence-corrected chi connectivity index (χ1v) is 7.32. The quantitative estimate of drug-likeness (QED) is 0.751. The highest BCUT2D eigenvalue weighted by Gasteiger charge is 2.29. The molecule has 128 valence electrons. The molecule has 0 aliphatic carbocycles. The van der Waals surface area contributed by atoms with Crippen LogP contribution < -0.4 is 0 Å². The third-order valence-electron chi connectivity index (χ3n) is 3.61. The average Bonchev–Trinajstić information content (AvgIpc) is 2.97. The molecule has 0 fully saturated rings. The fourth-order valence-electron chi connectivity index (χ4n) is 2.34. The monoisotopic (exact) mass is 365 g/mol. The van der Waals surface area contributed by atoms with Crippen LogP contribution in [0.25, 0.3) is 16.8 Å². The number of hydrogen-bond donors (Lipinski definition) is 1. The van der Waals surface area contributed by atoms with Gasteiger partial charge >= 0.3 is 6.09 Å². The molecule has 1 N–H and O–H groups in total. The number of rotatable bonds is 2. The van der Waals surface area contributed by atoms with E-state index in [1.807, 2.05) is 0 Å². The number of fused-ring (bicyclic) bond motifs is 1. The Labute approximate surface area is 144 Å². The van der Waals surface area contributed by atoms with Crippen LogP contribution in [0.2, 0.25) is 5.02 Å². The lowest BCUT2D eigenvalue weighted by molar-refractivity contribution is 0.0784. The zero-order valence-corrected chi connectivity index (χ0v) is 13.5. The van der Waals surface area contributed by atoms with Crippen LogP contribution in [0.15, 0.2) is 36.5 Å². The van der Waals surface area contributed by atoms with Gasteiger partial charge in [-0.15, -0.1) is 0 Å². The van der Waals surface area contributed by atoms with Crippen LogP contribution in [-0.4, -0.2) is 38.7 Å². The Kier molecular flexibility index (Phi) is 4.13. The standard InChI is InChI=1S/C16H10ClF2N3O3/c1-21(16(24)25)15(23)11-13(8-2-4-9(18)5-3-8)20-22-7-6-10(17)12(19)14(11)22/h2-7H,1H3,(H,24,25). The van der Waals surface area contributed by atoms with Crippen LogP contribution >= 0.6 is 11.6 Å². The lowest BCUT2D eigenvalue weighted by Crippen LogP contribution is -2.32. The lowest BCUT2D eigenvalue weighted by Gasteiger charge is -2.11. The van der Waals surface area contributed by atoms with Crippen LogP contribution in [-0.2, 0) is 0 Å². The Balaban J connectivity index is 2.35. The molecule has 0 unspecified atom stereocenters. The molecule has 2 amide bonds. The van der Waals surface area contributed by atoms with Gasteiger partial charge in [0.1, 0.15) is 17.0 Å². The summed E-state index contributed by atoms with van der Waals surface area (Å²) in [4.78, 5) is 24.1. The summed E-state index contributed by atoms with van der Waals surface area (Å²) < 4.78 is 28.8. The van der Waals surface area contributed by atoms with Crippen molar-refractivity contribution in [2.45, 2.75) is 0 Å². The predicted molar refractivity (Wildman–Crippen MR) is 85.7 cm³/mol. The molecule has 25 heavy (non-hydrogen) atoms. The van der Waals surface area contributed by atoms with Crippen molar-refractivity contribution in [2.75, 3.05) is 7.05 Å². The van der Waals surface area contributed by atoms with Gasteiger partial charge in [-0.3, -0.25) is 4.79 Å². The minimum absolute atomic E-state index is 0.0132. The molecule has 2 heterocycles. The Morgan fingerprint density at radius 3 is 2.44 bits per heavy atom. The largest absolute Gasteiger partial charge is 0.465 e. The number of hydrogen-bond acceptors (Lipinski definition) is 3. The zero-order chi connectivity index (χ0) is 18.3. The van der Waals surface area contributed by atoms with Gasteiger partial charge in [0.2, 0.25) is 0 Å². The van der Waals surface area contributed by atoms with Gasteiger partial charge in [-0.25, -0.2) is 23.0 Å². The molecule has 0 aliphatic heterocycles. The molecule has 0 aliphatic rings. The molecule has 0 spiro atoms. The van der Waals surface area contributed by atoms with Gasteiger partial charge in [-0.2, -0.15) is 5.10 Å². The third kappa shape index (κ3) is 2.80. The number of halogens is 3. The number of aromatic nitrogens is 2. The van der Waals surface area contributed by atoms with Crippen LogP contribution in [0.4, 0.5) is 13.6 Å². The first kappa shape index (κ1) is 16.8. The van der Waals surface area contributed by atoms with Crippen LogP contribution in [0.5, 0.6) is 0 Å². The first-order valence-electron chi connectivity index (χ1n) is 6.94. The van der Waals surface area contributed by atoms with Gasteiger partial charge in [0, 0.05) is 18.8 Å². The number of pyridine rings is 1. The average molecular weight is 366 g/mol. The second kappa shape index (κ2) is 6.14. The second-order valence-corrected chi connectivity index (χ2v) is 5.56. The Hall–Kier alpha value is -3.00. The molecule has 0 saturated heterocycles. The van der Waals surface area contributed by atoms with Crippen molar-refractivity contribution in [3.8, 4) is 11.3 Å². The Morgan fingerprint density at radius 1 is 1.20 bits per heavy atom. The second-order valence-electron chi connectivity index (χ2n) is 5.15. The number of carboxylic acid groups (broad SMARTS) is 1. The zero-order valence-electron chi connectivity index (χ0n) is 12.7. The molecule has 2 aromatic heterocycles. The highest BCUT2D eigenvalue weighted by molar-refractivity contribution is 6.31. The number of carbonyl (C=O) groups excluding carboxylic acids is 1. The van der Waals surface area contributed by atoms with Crippen LogP contribution in [0.1, 0.15) is 10.4 Å². The number of benzene rings is 1. The van der Waals surface area contributed by atoms with Crippen molar-refractivity contribution in [1.29, 1.82) is 0 Å². The highest BCUT2D eigenvalue weighted by atomic mass is 35.5. The van der Waals surface area contributed by atoms with Gasteiger partial charge in [0.05, 0.1) is 10.6 Å². The van der Waals surface area contributed by atoms with Gasteiger partial charge in [-0.05, 0) is 30.3 Å². The van der Waals surface area contributed by atoms with Crippen molar-refractivity contribution < 1.29 is 23.5 Å². The van der Waals surface area contributed by atoms with Crippen LogP contribution in [0.3, 0.4) is 0 Å². The van der Waals surface area contributed by atoms with E-state index in [1.165, 1.54) is 24.4 Å². The van der Waals surface area contributed by atoms with E-state index in [4.69, 9.17) is 16.7 Å². The van der Waals surface area contributed by atoms with E-state index in [2.05, 4.69) is 5.10 Å². The van der Waals surface area contributed by atoms with Crippen molar-refractivity contribution in [2.24, 2.45) is 0 Å². The van der Waals surface area contributed by atoms with Crippen molar-refractivity contribution in [3.05, 3.63) is 58.7 Å². The van der Waals surface area contributed by atoms with E-state index in [0.29, 0.717) is 10.5 Å². The van der Waals surface area contributed by atoms with Gasteiger partial charge in [-0.1, -0.05) is 11.6 Å². The molecule has 0 radical (unpaired) electrons. The summed E-state index contributed by atoms with van der Waals surface area (Å²) in [5.41, 5.74) is -0.205. The van der Waals surface area contributed by atoms with Gasteiger partial charge in [0.15, 0.2) is 5.82 Å². The van der Waals surface area contributed by atoms with Crippen molar-refractivity contribution in [1.82, 2.24) is 14.5 Å². The molecule has 0 atom stereocenters. The summed E-state index contributed by atoms with van der Waals surface area (Å²) in [6.07, 6.45) is -0.178. The van der Waals surface area contributed by atoms with Crippen LogP contribution in [0, 0.1) is 11.6 Å². The minimum atomic E-state index is -1.52. The number of carbonyl (C=O) groups is 2. The topological polar surface area (TPSA) is 74.9 Å². The number of amides is 2. The summed E-state index contributed by atoms with van der Waals surface area (Å²) in [5.74, 6) is -2.40. The number of nitrogens with zero attached hydrogens (tertiary/aromatic N) is 3. The number of imide groups is 1. The molecule has 9 heteroatoms. The third-order valence-corrected chi connectivity index (χ3v) is 3.91. The van der Waals surface area contributed by atoms with E-state index < -0.39 is 23.6 Å². The summed E-state index contributed by atoms with van der Waals surface area (Å²) in [5, 5.41) is 12.9. The molecule has 3 rings (SSSR count). The fourth-order valence-corrected chi connectivity index (χ4v) is 2.49. The van der Waals surface area contributed by atoms with E-state index in [9.17, 15) is 18.4 Å². The maximum Gasteiger partial charge on any atom is 0.414 e. The molecule has 1 aromatic carbocycles. The van der Waals surface area contributed by atoms with Gasteiger partial charge < -0.3 is 5.11 Å². The summed E-state index contributed by atoms with van der Waals surface area (Å²) in [6, 6.07) is 6.26. The molecular formula is C16H10ClF2N3O3. The summed E-state index contributed by atoms with van der Waals surface area (Å²) in [6.45, 7) is 0. The predicted octanol–water partition coefficient (Wildman–Crippen LogP) is 3.68. The SMILES string of the molecule is CN(C(=O)O)C(=O)c1c(-c2ccc(F)cc2)nn2ccc(Cl)c(F)c12. The van der Waals surface area contributed by atoms with Gasteiger partial charge in [0.25, 0.3) is 5.91 Å². The lowest BCUT2D eigenvalue weighted by atomic mass is 10.1. The molecular weight excluding hydrogens is 356 g/mol. The van der Waals surface area contributed by atoms with Crippen molar-refractivity contribution >= 4 is 29.1 Å². The minimum Gasteiger partial charge on any atom is -0.465 e. The summed E-state index contributed by atoms with van der Waals surface area (Å²) in [7, 11) is 1.03. The highest BCUT2D eigenvalue weighted by Crippen LogP contribution is 2.31. The maximum absolute atomic E-state index is 14.5. The molecule has 0 bridgehead atoms. The fraction of sp³-hybridized carbons (Fsp3) is 0.0625. The van der Waals surface area contributed by atoms with E-state index >= 15 is 0 Å². The Morgan fingerprint density at radius 2 is 1.84 bits per heavy atom. The Bertz CT molecular complexity index is 1000. The normalized spacial score (nSPS) is 10.9. The van der Waals surface area contributed by atoms with E-state index in [0.717, 1.165) is 23.7 Å².